The number of hydrogen-bond donors (Lipinski definition) is 1. The Morgan fingerprint density at radius 2 is 1.76 bits per heavy atom. The number of benzene rings is 2. The van der Waals surface area contributed by atoms with Crippen molar-refractivity contribution >= 4 is 0 Å². The van der Waals surface area contributed by atoms with Crippen LogP contribution >= 0.6 is 0 Å². The summed E-state index contributed by atoms with van der Waals surface area (Å²) in [5.41, 5.74) is 10.7. The average molecular weight is 285 g/mol. The third-order valence-corrected chi connectivity index (χ3v) is 3.73. The van der Waals surface area contributed by atoms with Crippen molar-refractivity contribution in [3.8, 4) is 11.5 Å². The fourth-order valence-electron chi connectivity index (χ4n) is 2.37. The number of aryl methyl sites for hydroxylation is 2. The molecule has 2 aromatic carbocycles. The van der Waals surface area contributed by atoms with E-state index in [0.717, 1.165) is 17.1 Å². The lowest BCUT2D eigenvalue weighted by Gasteiger charge is -2.17. The molecule has 3 heteroatoms. The van der Waals surface area contributed by atoms with Crippen LogP contribution in [0.15, 0.2) is 36.4 Å². The van der Waals surface area contributed by atoms with Gasteiger partial charge in [0.05, 0.1) is 7.11 Å². The number of rotatable bonds is 5. The lowest BCUT2D eigenvalue weighted by Crippen LogP contribution is -2.09. The van der Waals surface area contributed by atoms with E-state index in [-0.39, 0.29) is 6.04 Å². The van der Waals surface area contributed by atoms with Crippen LogP contribution in [0.1, 0.15) is 35.2 Å². The predicted octanol–water partition coefficient (Wildman–Crippen LogP) is 3.91. The predicted molar refractivity (Wildman–Crippen MR) is 85.8 cm³/mol. The molecule has 0 bridgehead atoms. The van der Waals surface area contributed by atoms with Crippen molar-refractivity contribution in [1.82, 2.24) is 0 Å². The molecule has 0 aliphatic heterocycles. The summed E-state index contributed by atoms with van der Waals surface area (Å²) < 4.78 is 11.3. The molecule has 1 unspecified atom stereocenters. The molecule has 0 amide bonds. The molecular weight excluding hydrogens is 262 g/mol. The highest BCUT2D eigenvalue weighted by Crippen LogP contribution is 2.29. The van der Waals surface area contributed by atoms with E-state index in [1.807, 2.05) is 25.1 Å². The van der Waals surface area contributed by atoms with Crippen LogP contribution in [0.5, 0.6) is 11.5 Å². The molecule has 2 N–H and O–H groups in total. The molecule has 21 heavy (non-hydrogen) atoms. The highest BCUT2D eigenvalue weighted by molar-refractivity contribution is 5.43. The summed E-state index contributed by atoms with van der Waals surface area (Å²) in [6.07, 6.45) is 0. The molecule has 0 fully saturated rings. The van der Waals surface area contributed by atoms with E-state index >= 15 is 0 Å². The first-order chi connectivity index (χ1) is 10.0. The first kappa shape index (κ1) is 15.4. The summed E-state index contributed by atoms with van der Waals surface area (Å²) in [5, 5.41) is 0. The van der Waals surface area contributed by atoms with Gasteiger partial charge >= 0.3 is 0 Å². The molecule has 0 spiro atoms. The van der Waals surface area contributed by atoms with Gasteiger partial charge in [-0.1, -0.05) is 24.3 Å². The first-order valence-corrected chi connectivity index (χ1v) is 7.14. The number of nitrogens with two attached hydrogens (primary N) is 1. The van der Waals surface area contributed by atoms with Gasteiger partial charge in [0.25, 0.3) is 0 Å². The van der Waals surface area contributed by atoms with E-state index in [2.05, 4.69) is 32.0 Å². The molecule has 3 nitrogen and oxygen atoms in total. The summed E-state index contributed by atoms with van der Waals surface area (Å²) in [7, 11) is 1.65. The van der Waals surface area contributed by atoms with E-state index in [1.165, 1.54) is 16.7 Å². The Balaban J connectivity index is 2.26. The zero-order valence-corrected chi connectivity index (χ0v) is 13.1. The molecular formula is C18H23NO2. The maximum Gasteiger partial charge on any atom is 0.128 e. The molecule has 1 atom stereocenters. The Labute approximate surface area is 126 Å². The minimum Gasteiger partial charge on any atom is -0.497 e. The van der Waals surface area contributed by atoms with Crippen LogP contribution in [0.3, 0.4) is 0 Å². The third kappa shape index (κ3) is 3.56. The van der Waals surface area contributed by atoms with Gasteiger partial charge in [0.1, 0.15) is 18.1 Å². The van der Waals surface area contributed by atoms with E-state index in [0.29, 0.717) is 6.61 Å². The van der Waals surface area contributed by atoms with Crippen molar-refractivity contribution in [3.05, 3.63) is 58.7 Å². The molecule has 2 rings (SSSR count). The Morgan fingerprint density at radius 3 is 2.33 bits per heavy atom. The van der Waals surface area contributed by atoms with Gasteiger partial charge in [-0.3, -0.25) is 0 Å². The molecule has 0 radical (unpaired) electrons. The second-order valence-electron chi connectivity index (χ2n) is 5.35. The lowest BCUT2D eigenvalue weighted by atomic mass is 10.0. The number of ether oxygens (including phenoxy) is 2. The van der Waals surface area contributed by atoms with E-state index in [1.54, 1.807) is 7.11 Å². The Hall–Kier alpha value is -2.00. The average Bonchev–Trinajstić information content (AvgIpc) is 2.46. The molecule has 0 aromatic heterocycles. The Bertz CT molecular complexity index is 600. The summed E-state index contributed by atoms with van der Waals surface area (Å²) >= 11 is 0. The highest BCUT2D eigenvalue weighted by atomic mass is 16.5. The van der Waals surface area contributed by atoms with Gasteiger partial charge in [-0.05, 0) is 43.5 Å². The van der Waals surface area contributed by atoms with E-state index < -0.39 is 0 Å². The maximum absolute atomic E-state index is 6.03. The van der Waals surface area contributed by atoms with Crippen LogP contribution in [0.4, 0.5) is 0 Å². The van der Waals surface area contributed by atoms with E-state index in [9.17, 15) is 0 Å². The lowest BCUT2D eigenvalue weighted by molar-refractivity contribution is 0.297. The molecule has 0 heterocycles. The monoisotopic (exact) mass is 285 g/mol. The first-order valence-electron chi connectivity index (χ1n) is 7.14. The molecule has 0 saturated carbocycles. The fraction of sp³-hybridized carbons (Fsp3) is 0.333. The maximum atomic E-state index is 6.03. The molecule has 112 valence electrons. The normalized spacial score (nSPS) is 12.0. The van der Waals surface area contributed by atoms with Crippen molar-refractivity contribution < 1.29 is 9.47 Å². The molecule has 2 aromatic rings. The van der Waals surface area contributed by atoms with Crippen LogP contribution in [0.25, 0.3) is 0 Å². The topological polar surface area (TPSA) is 44.5 Å². The van der Waals surface area contributed by atoms with Crippen molar-refractivity contribution in [1.29, 1.82) is 0 Å². The van der Waals surface area contributed by atoms with Crippen LogP contribution in [-0.2, 0) is 6.61 Å². The molecule has 0 aliphatic carbocycles. The van der Waals surface area contributed by atoms with Gasteiger partial charge in [0.2, 0.25) is 0 Å². The number of hydrogen-bond acceptors (Lipinski definition) is 3. The van der Waals surface area contributed by atoms with Gasteiger partial charge in [0, 0.05) is 17.7 Å². The van der Waals surface area contributed by atoms with Gasteiger partial charge in [-0.25, -0.2) is 0 Å². The third-order valence-electron chi connectivity index (χ3n) is 3.73. The van der Waals surface area contributed by atoms with Gasteiger partial charge < -0.3 is 15.2 Å². The van der Waals surface area contributed by atoms with Gasteiger partial charge in [0.15, 0.2) is 0 Å². The second-order valence-corrected chi connectivity index (χ2v) is 5.35. The summed E-state index contributed by atoms with van der Waals surface area (Å²) in [6.45, 7) is 6.69. The minimum absolute atomic E-state index is 0.0797. The summed E-state index contributed by atoms with van der Waals surface area (Å²) in [6, 6.07) is 11.9. The highest BCUT2D eigenvalue weighted by Gasteiger charge is 2.11. The van der Waals surface area contributed by atoms with Crippen LogP contribution < -0.4 is 15.2 Å². The van der Waals surface area contributed by atoms with E-state index in [4.69, 9.17) is 15.2 Å². The zero-order valence-electron chi connectivity index (χ0n) is 13.1. The second kappa shape index (κ2) is 6.64. The van der Waals surface area contributed by atoms with Crippen molar-refractivity contribution in [3.63, 3.8) is 0 Å². The quantitative estimate of drug-likeness (QED) is 0.905. The van der Waals surface area contributed by atoms with Gasteiger partial charge in [-0.15, -0.1) is 0 Å². The standard InChI is InChI=1S/C18H23NO2/c1-12-6-5-7-13(2)17(12)11-21-18-10-15(20-4)8-9-16(18)14(3)19/h5-10,14H,11,19H2,1-4H3. The molecule has 0 saturated heterocycles. The smallest absolute Gasteiger partial charge is 0.128 e. The number of methoxy groups -OCH3 is 1. The van der Waals surface area contributed by atoms with Crippen molar-refractivity contribution in [2.45, 2.75) is 33.4 Å². The zero-order chi connectivity index (χ0) is 15.4. The van der Waals surface area contributed by atoms with Crippen LogP contribution in [0.2, 0.25) is 0 Å². The fourth-order valence-corrected chi connectivity index (χ4v) is 2.37. The summed E-state index contributed by atoms with van der Waals surface area (Å²) in [4.78, 5) is 0. The summed E-state index contributed by atoms with van der Waals surface area (Å²) in [5.74, 6) is 1.56. The van der Waals surface area contributed by atoms with Crippen LogP contribution in [-0.4, -0.2) is 7.11 Å². The van der Waals surface area contributed by atoms with Gasteiger partial charge in [-0.2, -0.15) is 0 Å². The Kier molecular flexibility index (Phi) is 4.86. The van der Waals surface area contributed by atoms with Crippen molar-refractivity contribution in [2.24, 2.45) is 5.73 Å². The molecule has 0 aliphatic rings. The SMILES string of the molecule is COc1ccc(C(C)N)c(OCc2c(C)cccc2C)c1. The minimum atomic E-state index is -0.0797. The Morgan fingerprint density at radius 1 is 1.10 bits per heavy atom. The van der Waals surface area contributed by atoms with Crippen molar-refractivity contribution in [2.75, 3.05) is 7.11 Å². The largest absolute Gasteiger partial charge is 0.497 e. The van der Waals surface area contributed by atoms with Crippen LogP contribution in [0, 0.1) is 13.8 Å².